The number of halogens is 2. The Bertz CT molecular complexity index is 4350. The van der Waals surface area contributed by atoms with Crippen molar-refractivity contribution in [1.82, 2.24) is 89.7 Å². The van der Waals surface area contributed by atoms with Crippen molar-refractivity contribution in [2.75, 3.05) is 62.2 Å². The van der Waals surface area contributed by atoms with E-state index in [1.165, 1.54) is 44.7 Å². The summed E-state index contributed by atoms with van der Waals surface area (Å²) in [5, 5.41) is 36.7. The predicted molar refractivity (Wildman–Crippen MR) is 314 cm³/mol. The Balaban J connectivity index is 0.000000141. The first kappa shape index (κ1) is 56.0. The molecule has 0 saturated carbocycles. The molecule has 0 spiro atoms. The molecule has 0 aliphatic carbocycles. The number of anilines is 2. The van der Waals surface area contributed by atoms with Gasteiger partial charge in [-0.15, -0.1) is 10.2 Å². The van der Waals surface area contributed by atoms with Crippen LogP contribution in [0.5, 0.6) is 0 Å². The number of aromatic nitrogens is 16. The van der Waals surface area contributed by atoms with Crippen LogP contribution in [0.1, 0.15) is 32.1 Å². The van der Waals surface area contributed by atoms with Crippen LogP contribution in [-0.4, -0.2) is 165 Å². The molecule has 0 atom stereocenters. The maximum atomic E-state index is 14.9. The molecular weight excluding hydrogens is 1120 g/mol. The van der Waals surface area contributed by atoms with Crippen LogP contribution in [0.3, 0.4) is 0 Å². The number of amides is 1. The molecule has 0 radical (unpaired) electrons. The second-order valence-corrected chi connectivity index (χ2v) is 19.9. The van der Waals surface area contributed by atoms with E-state index in [4.69, 9.17) is 15.3 Å². The molecule has 25 nitrogen and oxygen atoms in total. The number of hydrogen-bond acceptors (Lipinski definition) is 17. The number of fused-ring (bicyclic) bond motifs is 2. The van der Waals surface area contributed by atoms with Crippen LogP contribution in [-0.2, 0) is 22.7 Å². The number of H-pyrrole nitrogens is 2. The number of Topliss-reactive ketones (excluding diaryl/α,β-unsaturated/α-hetero) is 2. The van der Waals surface area contributed by atoms with E-state index in [1.54, 1.807) is 12.4 Å². The molecule has 436 valence electrons. The van der Waals surface area contributed by atoms with E-state index in [1.807, 2.05) is 94.6 Å². The summed E-state index contributed by atoms with van der Waals surface area (Å²) in [5.74, 6) is -5.37. The molecule has 2 aliphatic heterocycles. The predicted octanol–water partition coefficient (Wildman–Crippen LogP) is 6.07. The van der Waals surface area contributed by atoms with Gasteiger partial charge in [0.05, 0.1) is 106 Å². The molecule has 14 rings (SSSR count). The quantitative estimate of drug-likeness (QED) is 0.0709. The van der Waals surface area contributed by atoms with Gasteiger partial charge in [-0.25, -0.2) is 32.9 Å². The number of carboxylic acids is 1. The standard InChI is InChI=1S/C30H25FN10O2.C19H21N5.C11H6FN5O3/c31-23-17-34-29(41-11-10-35-37-41)27-25(23)22(16-33-27)28(42)30(43)39-14-12-38(13-15-39)24-19-40(18-21-8-4-5-9-32-21)36-26(24)20-6-2-1-3-7-20;1-2-6-16(7-3-1)19-18(23-12-10-20-11-13-23)15-24(22-19)14-17-8-4-5-9-21-17;12-6-4-14-10(17-2-1-15-16-17)8-7(6)5(3-13-8)9(18)11(19)20/h1-11,16-17,19,33H,12-15,18H2;1-9,15,20H,10-14H2;1-4,13H,(H,19,20). The Labute approximate surface area is 492 Å². The Hall–Kier alpha value is -11.5. The molecule has 0 bridgehead atoms. The topological polar surface area (TPSA) is 290 Å². The summed E-state index contributed by atoms with van der Waals surface area (Å²) in [5.41, 5.74) is 8.17. The third-order valence-electron chi connectivity index (χ3n) is 14.5. The van der Waals surface area contributed by atoms with E-state index < -0.39 is 35.1 Å². The fourth-order valence-corrected chi connectivity index (χ4v) is 10.3. The van der Waals surface area contributed by atoms with Gasteiger partial charge < -0.3 is 35.1 Å². The lowest BCUT2D eigenvalue weighted by atomic mass is 10.1. The maximum absolute atomic E-state index is 14.9. The first-order valence-electron chi connectivity index (χ1n) is 27.5. The molecule has 2 aromatic carbocycles. The Kier molecular flexibility index (Phi) is 16.2. The highest BCUT2D eigenvalue weighted by Crippen LogP contribution is 2.33. The number of ketones is 2. The van der Waals surface area contributed by atoms with Crippen LogP contribution < -0.4 is 15.1 Å². The van der Waals surface area contributed by atoms with Crippen LogP contribution in [0.4, 0.5) is 20.2 Å². The normalized spacial score (nSPS) is 13.2. The minimum atomic E-state index is -1.66. The molecule has 87 heavy (non-hydrogen) atoms. The van der Waals surface area contributed by atoms with Crippen LogP contribution in [0.25, 0.3) is 56.0 Å². The molecule has 27 heteroatoms. The fourth-order valence-electron chi connectivity index (χ4n) is 10.3. The average Bonchev–Trinajstić information content (AvgIpc) is 2.23. The van der Waals surface area contributed by atoms with Gasteiger partial charge in [0.25, 0.3) is 17.5 Å². The van der Waals surface area contributed by atoms with E-state index in [0.717, 1.165) is 84.4 Å². The molecule has 2 aliphatic rings. The van der Waals surface area contributed by atoms with E-state index in [2.05, 4.69) is 96.1 Å². The first-order chi connectivity index (χ1) is 42.6. The van der Waals surface area contributed by atoms with Crippen LogP contribution in [0.2, 0.25) is 0 Å². The first-order valence-corrected chi connectivity index (χ1v) is 27.5. The fraction of sp³-hybridized carbons (Fsp3) is 0.167. The van der Waals surface area contributed by atoms with Crippen molar-refractivity contribution in [1.29, 1.82) is 0 Å². The number of carbonyl (C=O) groups is 4. The summed E-state index contributed by atoms with van der Waals surface area (Å²) in [7, 11) is 0. The number of pyridine rings is 4. The lowest BCUT2D eigenvalue weighted by Crippen LogP contribution is -2.50. The number of aliphatic carboxylic acids is 1. The van der Waals surface area contributed by atoms with Gasteiger partial charge in [0.2, 0.25) is 0 Å². The second kappa shape index (κ2) is 25.2. The Morgan fingerprint density at radius 3 is 1.43 bits per heavy atom. The van der Waals surface area contributed by atoms with Gasteiger partial charge in [-0.2, -0.15) is 10.2 Å². The Morgan fingerprint density at radius 2 is 0.989 bits per heavy atom. The summed E-state index contributed by atoms with van der Waals surface area (Å²) in [4.78, 5) is 77.4. The highest BCUT2D eigenvalue weighted by molar-refractivity contribution is 6.45. The Morgan fingerprint density at radius 1 is 0.529 bits per heavy atom. The van der Waals surface area contributed by atoms with Crippen molar-refractivity contribution in [2.24, 2.45) is 0 Å². The van der Waals surface area contributed by atoms with E-state index in [0.29, 0.717) is 39.3 Å². The van der Waals surface area contributed by atoms with E-state index >= 15 is 0 Å². The molecule has 4 N–H and O–H groups in total. The number of aromatic amines is 2. The smallest absolute Gasteiger partial charge is 0.377 e. The monoisotopic (exact) mass is 1170 g/mol. The number of hydrogen-bond donors (Lipinski definition) is 4. The summed E-state index contributed by atoms with van der Waals surface area (Å²) in [6.07, 6.45) is 18.0. The zero-order valence-electron chi connectivity index (χ0n) is 46.2. The number of rotatable bonds is 14. The highest BCUT2D eigenvalue weighted by Gasteiger charge is 2.32. The minimum absolute atomic E-state index is 0.00897. The van der Waals surface area contributed by atoms with Crippen LogP contribution >= 0.6 is 0 Å². The lowest BCUT2D eigenvalue weighted by Gasteiger charge is -2.35. The SMILES string of the molecule is O=C(C(=O)N1CCN(c2cn(Cc3ccccn3)nc2-c2ccccc2)CC1)c1c[nH]c2c(-n3ccnn3)ncc(F)c12.O=C(O)C(=O)c1c[nH]c2c(-n3ccnn3)ncc(F)c12.c1ccc(-c2nn(Cc3ccccn3)cc2N2CCNCC2)cc1. The largest absolute Gasteiger partial charge is 0.475 e. The number of carboxylic acid groups (broad SMARTS) is 1. The van der Waals surface area contributed by atoms with Gasteiger partial charge in [-0.1, -0.05) is 83.2 Å². The van der Waals surface area contributed by atoms with E-state index in [9.17, 15) is 28.0 Å². The van der Waals surface area contributed by atoms with Gasteiger partial charge in [-0.05, 0) is 24.3 Å². The summed E-state index contributed by atoms with van der Waals surface area (Å²) in [6, 6.07) is 32.1. The summed E-state index contributed by atoms with van der Waals surface area (Å²) < 4.78 is 35.3. The second-order valence-electron chi connectivity index (χ2n) is 19.9. The molecule has 0 unspecified atom stereocenters. The lowest BCUT2D eigenvalue weighted by molar-refractivity contribution is -0.131. The van der Waals surface area contributed by atoms with E-state index in [-0.39, 0.29) is 44.6 Å². The molecule has 2 fully saturated rings. The zero-order chi connectivity index (χ0) is 59.8. The molecule has 12 heterocycles. The number of carbonyl (C=O) groups excluding carboxylic acids is 3. The van der Waals surface area contributed by atoms with Crippen molar-refractivity contribution in [3.05, 3.63) is 206 Å². The molecule has 12 aromatic rings. The van der Waals surface area contributed by atoms with Crippen LogP contribution in [0, 0.1) is 11.6 Å². The van der Waals surface area contributed by atoms with Gasteiger partial charge in [0.1, 0.15) is 11.4 Å². The van der Waals surface area contributed by atoms with Gasteiger partial charge in [-0.3, -0.25) is 33.7 Å². The highest BCUT2D eigenvalue weighted by atomic mass is 19.1. The third-order valence-corrected chi connectivity index (χ3v) is 14.5. The number of nitrogens with zero attached hydrogens (tertiary/aromatic N) is 17. The van der Waals surface area contributed by atoms with Gasteiger partial charge in [0.15, 0.2) is 23.3 Å². The van der Waals surface area contributed by atoms with Crippen LogP contribution in [0.15, 0.2) is 171 Å². The number of nitrogens with one attached hydrogen (secondary N) is 3. The van der Waals surface area contributed by atoms with Crippen molar-refractivity contribution in [2.45, 2.75) is 13.1 Å². The summed E-state index contributed by atoms with van der Waals surface area (Å²) >= 11 is 0. The van der Waals surface area contributed by atoms with Crippen molar-refractivity contribution in [3.63, 3.8) is 0 Å². The summed E-state index contributed by atoms with van der Waals surface area (Å²) in [6.45, 7) is 6.88. The van der Waals surface area contributed by atoms with Crippen molar-refractivity contribution >= 4 is 56.6 Å². The number of piperazine rings is 2. The van der Waals surface area contributed by atoms with Gasteiger partial charge in [0, 0.05) is 101 Å². The maximum Gasteiger partial charge on any atom is 0.377 e. The molecular formula is C60H52F2N20O5. The average molecular weight is 1170 g/mol. The van der Waals surface area contributed by atoms with Gasteiger partial charge >= 0.3 is 5.97 Å². The zero-order valence-corrected chi connectivity index (χ0v) is 46.2. The van der Waals surface area contributed by atoms with Crippen molar-refractivity contribution in [3.8, 4) is 34.2 Å². The molecule has 10 aromatic heterocycles. The minimum Gasteiger partial charge on any atom is -0.475 e. The van der Waals surface area contributed by atoms with Crippen molar-refractivity contribution < 1.29 is 33.1 Å². The molecule has 2 saturated heterocycles. The third kappa shape index (κ3) is 12.0. The molecule has 1 amide bonds. The number of benzene rings is 2.